The van der Waals surface area contributed by atoms with E-state index in [1.165, 1.54) is 15.1 Å². The fraction of sp³-hybridized carbons (Fsp3) is 0.588. The minimum absolute atomic E-state index is 0.0705. The second kappa shape index (κ2) is 6.01. The molecule has 2 fully saturated rings. The molecule has 0 bridgehead atoms. The third kappa shape index (κ3) is 2.92. The van der Waals surface area contributed by atoms with E-state index >= 15 is 0 Å². The van der Waals surface area contributed by atoms with Gasteiger partial charge in [0, 0.05) is 31.9 Å². The zero-order chi connectivity index (χ0) is 18.5. The van der Waals surface area contributed by atoms with Crippen molar-refractivity contribution in [1.29, 1.82) is 0 Å². The number of aromatic nitrogens is 3. The number of hydrogen-bond donors (Lipinski definition) is 3. The van der Waals surface area contributed by atoms with Crippen LogP contribution in [-0.2, 0) is 11.3 Å². The van der Waals surface area contributed by atoms with Crippen LogP contribution in [0.3, 0.4) is 0 Å². The summed E-state index contributed by atoms with van der Waals surface area (Å²) in [6.07, 6.45) is 3.38. The van der Waals surface area contributed by atoms with Gasteiger partial charge in [0.1, 0.15) is 11.5 Å². The van der Waals surface area contributed by atoms with Crippen LogP contribution in [0.1, 0.15) is 43.0 Å². The third-order valence-corrected chi connectivity index (χ3v) is 5.25. The van der Waals surface area contributed by atoms with E-state index in [0.717, 1.165) is 25.7 Å². The Hall–Kier alpha value is -2.55. The van der Waals surface area contributed by atoms with E-state index in [9.17, 15) is 14.7 Å². The van der Waals surface area contributed by atoms with Crippen molar-refractivity contribution in [3.05, 3.63) is 22.0 Å². The van der Waals surface area contributed by atoms with E-state index in [1.54, 1.807) is 0 Å². The average Bonchev–Trinajstić information content (AvgIpc) is 3.31. The zero-order valence-corrected chi connectivity index (χ0v) is 14.7. The van der Waals surface area contributed by atoms with Gasteiger partial charge in [-0.1, -0.05) is 6.92 Å². The first kappa shape index (κ1) is 16.9. The summed E-state index contributed by atoms with van der Waals surface area (Å²) in [5, 5.41) is 17.3. The van der Waals surface area contributed by atoms with Crippen LogP contribution in [0.15, 0.2) is 10.9 Å². The number of carbonyl (C=O) groups is 1. The first-order chi connectivity index (χ1) is 12.4. The summed E-state index contributed by atoms with van der Waals surface area (Å²) in [5.41, 5.74) is 5.19. The Labute approximate surface area is 149 Å². The summed E-state index contributed by atoms with van der Waals surface area (Å²) in [6, 6.07) is 1.60. The molecule has 1 aliphatic heterocycles. The van der Waals surface area contributed by atoms with Crippen LogP contribution >= 0.6 is 0 Å². The fourth-order valence-corrected chi connectivity index (χ4v) is 3.42. The van der Waals surface area contributed by atoms with Crippen molar-refractivity contribution in [3.8, 4) is 5.88 Å². The number of nitrogens with one attached hydrogen (secondary N) is 1. The molecule has 0 aromatic carbocycles. The molecule has 2 aromatic heterocycles. The van der Waals surface area contributed by atoms with Gasteiger partial charge >= 0.3 is 0 Å². The number of rotatable bonds is 4. The number of aromatic hydroxyl groups is 1. The van der Waals surface area contributed by atoms with E-state index in [4.69, 9.17) is 10.5 Å². The van der Waals surface area contributed by atoms with Crippen molar-refractivity contribution in [3.63, 3.8) is 0 Å². The van der Waals surface area contributed by atoms with E-state index in [1.807, 2.05) is 0 Å². The van der Waals surface area contributed by atoms with Crippen LogP contribution in [0.5, 0.6) is 5.88 Å². The quantitative estimate of drug-likeness (QED) is 0.728. The van der Waals surface area contributed by atoms with Crippen LogP contribution in [0.4, 0.5) is 5.82 Å². The molecule has 0 spiro atoms. The molecule has 1 saturated heterocycles. The zero-order valence-electron chi connectivity index (χ0n) is 14.7. The summed E-state index contributed by atoms with van der Waals surface area (Å²) in [7, 11) is 0. The van der Waals surface area contributed by atoms with Crippen LogP contribution < -0.4 is 16.6 Å². The highest BCUT2D eigenvalue weighted by Gasteiger charge is 2.33. The van der Waals surface area contributed by atoms with Crippen molar-refractivity contribution >= 4 is 17.4 Å². The SMILES string of the molecule is CC1(Cn2c(=O)c(C(=O)NC3CC3)c(O)n3nc(N)cc23)CCOCC1. The molecule has 3 heterocycles. The molecule has 2 aliphatic rings. The summed E-state index contributed by atoms with van der Waals surface area (Å²) >= 11 is 0. The molecule has 1 amide bonds. The topological polar surface area (TPSA) is 124 Å². The summed E-state index contributed by atoms with van der Waals surface area (Å²) in [5.74, 6) is -0.879. The summed E-state index contributed by atoms with van der Waals surface area (Å²) in [4.78, 5) is 25.6. The molecule has 0 unspecified atom stereocenters. The molecule has 9 nitrogen and oxygen atoms in total. The average molecular weight is 361 g/mol. The van der Waals surface area contributed by atoms with E-state index < -0.39 is 17.3 Å². The maximum Gasteiger partial charge on any atom is 0.270 e. The number of fused-ring (bicyclic) bond motifs is 1. The Morgan fingerprint density at radius 1 is 1.46 bits per heavy atom. The highest BCUT2D eigenvalue weighted by Crippen LogP contribution is 2.32. The summed E-state index contributed by atoms with van der Waals surface area (Å²) in [6.45, 7) is 3.76. The van der Waals surface area contributed by atoms with Crippen molar-refractivity contribution in [2.24, 2.45) is 5.41 Å². The number of amides is 1. The number of anilines is 1. The van der Waals surface area contributed by atoms with Gasteiger partial charge in [0.25, 0.3) is 11.5 Å². The highest BCUT2D eigenvalue weighted by molar-refractivity contribution is 5.96. The Morgan fingerprint density at radius 3 is 2.81 bits per heavy atom. The first-order valence-corrected chi connectivity index (χ1v) is 8.88. The Bertz CT molecular complexity index is 921. The van der Waals surface area contributed by atoms with Crippen LogP contribution in [0, 0.1) is 5.41 Å². The van der Waals surface area contributed by atoms with Crippen molar-refractivity contribution < 1.29 is 14.6 Å². The molecule has 1 saturated carbocycles. The van der Waals surface area contributed by atoms with Gasteiger partial charge in [-0.05, 0) is 31.1 Å². The predicted octanol–water partition coefficient (Wildman–Crippen LogP) is 0.493. The summed E-state index contributed by atoms with van der Waals surface area (Å²) < 4.78 is 8.09. The van der Waals surface area contributed by atoms with Gasteiger partial charge in [-0.2, -0.15) is 4.52 Å². The Kier molecular flexibility index (Phi) is 3.91. The molecule has 140 valence electrons. The van der Waals surface area contributed by atoms with E-state index in [0.29, 0.717) is 25.4 Å². The lowest BCUT2D eigenvalue weighted by Gasteiger charge is -2.34. The Morgan fingerprint density at radius 2 is 2.15 bits per heavy atom. The monoisotopic (exact) mass is 361 g/mol. The highest BCUT2D eigenvalue weighted by atomic mass is 16.5. The van der Waals surface area contributed by atoms with Gasteiger partial charge in [0.05, 0.1) is 0 Å². The molecule has 9 heteroatoms. The Balaban J connectivity index is 1.84. The van der Waals surface area contributed by atoms with Gasteiger partial charge in [-0.25, -0.2) is 0 Å². The maximum atomic E-state index is 13.1. The van der Waals surface area contributed by atoms with Crippen LogP contribution in [0.2, 0.25) is 0 Å². The fourth-order valence-electron chi connectivity index (χ4n) is 3.42. The number of hydrogen-bond acceptors (Lipinski definition) is 6. The van der Waals surface area contributed by atoms with Crippen molar-refractivity contribution in [2.75, 3.05) is 18.9 Å². The van der Waals surface area contributed by atoms with Crippen molar-refractivity contribution in [1.82, 2.24) is 19.5 Å². The van der Waals surface area contributed by atoms with Gasteiger partial charge in [-0.3, -0.25) is 14.2 Å². The van der Waals surface area contributed by atoms with Gasteiger partial charge < -0.3 is 20.9 Å². The number of nitrogen functional groups attached to an aromatic ring is 1. The largest absolute Gasteiger partial charge is 0.492 e. The molecule has 4 N–H and O–H groups in total. The lowest BCUT2D eigenvalue weighted by molar-refractivity contribution is 0.0154. The maximum absolute atomic E-state index is 13.1. The lowest BCUT2D eigenvalue weighted by atomic mass is 9.82. The van der Waals surface area contributed by atoms with Gasteiger partial charge in [-0.15, -0.1) is 5.10 Å². The van der Waals surface area contributed by atoms with Crippen molar-refractivity contribution in [2.45, 2.75) is 45.2 Å². The molecule has 1 aliphatic carbocycles. The number of ether oxygens (including phenoxy) is 1. The molecule has 0 radical (unpaired) electrons. The van der Waals surface area contributed by atoms with Crippen LogP contribution in [0.25, 0.3) is 5.65 Å². The molecular weight excluding hydrogens is 338 g/mol. The predicted molar refractivity (Wildman–Crippen MR) is 94.2 cm³/mol. The molecule has 2 aromatic rings. The van der Waals surface area contributed by atoms with Gasteiger partial charge in [0.15, 0.2) is 5.56 Å². The second-order valence-corrected chi connectivity index (χ2v) is 7.60. The standard InChI is InChI=1S/C17H23N5O4/c1-17(4-6-26-7-5-17)9-21-12-8-11(18)20-22(12)16(25)13(15(21)24)14(23)19-10-2-3-10/h8,10,25H,2-7,9H2,1H3,(H2,18,20)(H,19,23). The lowest BCUT2D eigenvalue weighted by Crippen LogP contribution is -2.39. The minimum atomic E-state index is -0.572. The molecular formula is C17H23N5O4. The smallest absolute Gasteiger partial charge is 0.270 e. The first-order valence-electron chi connectivity index (χ1n) is 8.88. The van der Waals surface area contributed by atoms with Gasteiger partial charge in [0.2, 0.25) is 5.88 Å². The number of nitrogens with zero attached hydrogens (tertiary/aromatic N) is 3. The molecule has 4 rings (SSSR count). The van der Waals surface area contributed by atoms with E-state index in [2.05, 4.69) is 17.3 Å². The van der Waals surface area contributed by atoms with E-state index in [-0.39, 0.29) is 22.8 Å². The second-order valence-electron chi connectivity index (χ2n) is 7.60. The molecule has 26 heavy (non-hydrogen) atoms. The normalized spacial score (nSPS) is 19.6. The minimum Gasteiger partial charge on any atom is -0.492 e. The van der Waals surface area contributed by atoms with Crippen LogP contribution in [-0.4, -0.2) is 44.5 Å². The number of carbonyl (C=O) groups excluding carboxylic acids is 1. The number of nitrogens with two attached hydrogens (primary N) is 1. The molecule has 0 atom stereocenters. The third-order valence-electron chi connectivity index (χ3n) is 5.25.